The van der Waals surface area contributed by atoms with E-state index in [1.165, 1.54) is 0 Å². The van der Waals surface area contributed by atoms with Gasteiger partial charge in [0.1, 0.15) is 0 Å². The van der Waals surface area contributed by atoms with Gasteiger partial charge in [0, 0.05) is 18.8 Å². The summed E-state index contributed by atoms with van der Waals surface area (Å²) in [6.45, 7) is 7.68. The predicted molar refractivity (Wildman–Crippen MR) is 84.1 cm³/mol. The second kappa shape index (κ2) is 6.74. The number of para-hydroxylation sites is 1. The number of carbonyl (C=O) groups excluding carboxylic acids is 2. The fourth-order valence-corrected chi connectivity index (χ4v) is 2.65. The quantitative estimate of drug-likeness (QED) is 0.850. The molecular formula is C17H24N2O2. The molecule has 0 bridgehead atoms. The molecule has 4 nitrogen and oxygen atoms in total. The molecule has 1 fully saturated rings. The van der Waals surface area contributed by atoms with E-state index < -0.39 is 11.8 Å². The lowest BCUT2D eigenvalue weighted by Gasteiger charge is -2.29. The molecule has 0 radical (unpaired) electrons. The van der Waals surface area contributed by atoms with E-state index in [2.05, 4.69) is 26.1 Å². The van der Waals surface area contributed by atoms with E-state index in [0.717, 1.165) is 24.1 Å². The van der Waals surface area contributed by atoms with Gasteiger partial charge in [-0.3, -0.25) is 9.59 Å². The molecule has 1 N–H and O–H groups in total. The zero-order chi connectivity index (χ0) is 15.4. The van der Waals surface area contributed by atoms with Crippen molar-refractivity contribution in [1.29, 1.82) is 0 Å². The van der Waals surface area contributed by atoms with Gasteiger partial charge in [-0.1, -0.05) is 39.0 Å². The largest absolute Gasteiger partial charge is 0.334 e. The summed E-state index contributed by atoms with van der Waals surface area (Å²) in [5, 5.41) is 2.77. The highest BCUT2D eigenvalue weighted by atomic mass is 16.2. The van der Waals surface area contributed by atoms with E-state index in [9.17, 15) is 9.59 Å². The summed E-state index contributed by atoms with van der Waals surface area (Å²) >= 11 is 0. The lowest BCUT2D eigenvalue weighted by Crippen LogP contribution is -2.43. The van der Waals surface area contributed by atoms with E-state index in [-0.39, 0.29) is 0 Å². The molecule has 1 aliphatic rings. The van der Waals surface area contributed by atoms with Crippen molar-refractivity contribution < 1.29 is 9.59 Å². The molecule has 1 aromatic carbocycles. The summed E-state index contributed by atoms with van der Waals surface area (Å²) in [5.41, 5.74) is 1.78. The summed E-state index contributed by atoms with van der Waals surface area (Å²) in [6.07, 6.45) is 1.95. The first-order valence-electron chi connectivity index (χ1n) is 7.68. The zero-order valence-electron chi connectivity index (χ0n) is 13.1. The summed E-state index contributed by atoms with van der Waals surface area (Å²) in [5.74, 6) is -0.00988. The number of hydrogen-bond acceptors (Lipinski definition) is 2. The van der Waals surface area contributed by atoms with Crippen molar-refractivity contribution in [2.75, 3.05) is 18.4 Å². The third-order valence-electron chi connectivity index (χ3n) is 4.10. The van der Waals surface area contributed by atoms with Crippen molar-refractivity contribution in [3.63, 3.8) is 0 Å². The van der Waals surface area contributed by atoms with Gasteiger partial charge in [0.25, 0.3) is 0 Å². The van der Waals surface area contributed by atoms with Gasteiger partial charge >= 0.3 is 11.8 Å². The normalized spacial score (nSPS) is 16.1. The van der Waals surface area contributed by atoms with Gasteiger partial charge in [-0.25, -0.2) is 0 Å². The Labute approximate surface area is 126 Å². The van der Waals surface area contributed by atoms with Crippen LogP contribution in [0.25, 0.3) is 0 Å². The van der Waals surface area contributed by atoms with Crippen molar-refractivity contribution in [2.45, 2.75) is 39.5 Å². The Morgan fingerprint density at radius 1 is 1.19 bits per heavy atom. The molecule has 0 unspecified atom stereocenters. The lowest BCUT2D eigenvalue weighted by atomic mass is 9.99. The first-order valence-corrected chi connectivity index (χ1v) is 7.68. The molecule has 0 aliphatic carbocycles. The Balaban J connectivity index is 2.03. The minimum Gasteiger partial charge on any atom is -0.334 e. The van der Waals surface area contributed by atoms with Gasteiger partial charge in [0.15, 0.2) is 0 Å². The predicted octanol–water partition coefficient (Wildman–Crippen LogP) is 3.01. The molecule has 1 heterocycles. The van der Waals surface area contributed by atoms with Crippen LogP contribution in [0.2, 0.25) is 0 Å². The topological polar surface area (TPSA) is 49.4 Å². The van der Waals surface area contributed by atoms with Crippen LogP contribution in [0, 0.1) is 5.92 Å². The van der Waals surface area contributed by atoms with Crippen LogP contribution in [0.3, 0.4) is 0 Å². The maximum Gasteiger partial charge on any atom is 0.313 e. The maximum atomic E-state index is 12.2. The van der Waals surface area contributed by atoms with Crippen LogP contribution in [0.4, 0.5) is 5.69 Å². The van der Waals surface area contributed by atoms with Crippen LogP contribution >= 0.6 is 0 Å². The average Bonchev–Trinajstić information content (AvgIpc) is 2.47. The molecule has 0 aromatic heterocycles. The van der Waals surface area contributed by atoms with Crippen LogP contribution < -0.4 is 5.32 Å². The molecular weight excluding hydrogens is 264 g/mol. The van der Waals surface area contributed by atoms with Gasteiger partial charge in [0.05, 0.1) is 0 Å². The molecule has 0 atom stereocenters. The van der Waals surface area contributed by atoms with Gasteiger partial charge in [-0.15, -0.1) is 0 Å². The zero-order valence-corrected chi connectivity index (χ0v) is 13.1. The Kier molecular flexibility index (Phi) is 4.99. The van der Waals surface area contributed by atoms with Gasteiger partial charge < -0.3 is 10.2 Å². The third kappa shape index (κ3) is 3.84. The lowest BCUT2D eigenvalue weighted by molar-refractivity contribution is -0.144. The third-order valence-corrected chi connectivity index (χ3v) is 4.10. The van der Waals surface area contributed by atoms with Crippen LogP contribution in [-0.2, 0) is 9.59 Å². The average molecular weight is 288 g/mol. The van der Waals surface area contributed by atoms with Crippen molar-refractivity contribution >= 4 is 17.5 Å². The van der Waals surface area contributed by atoms with Crippen LogP contribution in [0.15, 0.2) is 24.3 Å². The second-order valence-corrected chi connectivity index (χ2v) is 6.17. The number of hydrogen-bond donors (Lipinski definition) is 1. The van der Waals surface area contributed by atoms with Gasteiger partial charge in [-0.05, 0) is 36.3 Å². The van der Waals surface area contributed by atoms with E-state index in [1.807, 2.05) is 24.3 Å². The SMILES string of the molecule is CC1CCN(C(=O)C(=O)Nc2ccccc2C(C)C)CC1. The number of benzene rings is 1. The number of anilines is 1. The van der Waals surface area contributed by atoms with Gasteiger partial charge in [-0.2, -0.15) is 0 Å². The molecule has 1 aliphatic heterocycles. The van der Waals surface area contributed by atoms with E-state index in [0.29, 0.717) is 24.9 Å². The Hall–Kier alpha value is -1.84. The summed E-state index contributed by atoms with van der Waals surface area (Å²) in [4.78, 5) is 26.0. The van der Waals surface area contributed by atoms with Crippen molar-refractivity contribution in [2.24, 2.45) is 5.92 Å². The Bertz CT molecular complexity index is 517. The number of rotatable bonds is 2. The minimum atomic E-state index is -0.530. The smallest absolute Gasteiger partial charge is 0.313 e. The molecule has 0 spiro atoms. The number of carbonyl (C=O) groups is 2. The highest BCUT2D eigenvalue weighted by Gasteiger charge is 2.26. The monoisotopic (exact) mass is 288 g/mol. The minimum absolute atomic E-state index is 0.299. The fraction of sp³-hybridized carbons (Fsp3) is 0.529. The first-order chi connectivity index (χ1) is 9.99. The van der Waals surface area contributed by atoms with E-state index in [1.54, 1.807) is 4.90 Å². The van der Waals surface area contributed by atoms with Gasteiger partial charge in [0.2, 0.25) is 0 Å². The number of likely N-dealkylation sites (tertiary alicyclic amines) is 1. The number of nitrogens with one attached hydrogen (secondary N) is 1. The highest BCUT2D eigenvalue weighted by molar-refractivity contribution is 6.39. The molecule has 114 valence electrons. The maximum absolute atomic E-state index is 12.2. The summed E-state index contributed by atoms with van der Waals surface area (Å²) in [7, 11) is 0. The Morgan fingerprint density at radius 2 is 1.81 bits per heavy atom. The van der Waals surface area contributed by atoms with Crippen LogP contribution in [-0.4, -0.2) is 29.8 Å². The molecule has 2 rings (SSSR count). The Morgan fingerprint density at radius 3 is 2.43 bits per heavy atom. The highest BCUT2D eigenvalue weighted by Crippen LogP contribution is 2.24. The standard InChI is InChI=1S/C17H24N2O2/c1-12(2)14-6-4-5-7-15(14)18-16(20)17(21)19-10-8-13(3)9-11-19/h4-7,12-13H,8-11H2,1-3H3,(H,18,20). The van der Waals surface area contributed by atoms with E-state index in [4.69, 9.17) is 0 Å². The molecule has 4 heteroatoms. The first kappa shape index (κ1) is 15.5. The number of nitrogens with zero attached hydrogens (tertiary/aromatic N) is 1. The number of piperidine rings is 1. The molecule has 1 saturated heterocycles. The molecule has 21 heavy (non-hydrogen) atoms. The fourth-order valence-electron chi connectivity index (χ4n) is 2.65. The second-order valence-electron chi connectivity index (χ2n) is 6.17. The van der Waals surface area contributed by atoms with Crippen molar-refractivity contribution in [3.8, 4) is 0 Å². The summed E-state index contributed by atoms with van der Waals surface area (Å²) in [6, 6.07) is 7.64. The summed E-state index contributed by atoms with van der Waals surface area (Å²) < 4.78 is 0. The van der Waals surface area contributed by atoms with Crippen LogP contribution in [0.5, 0.6) is 0 Å². The molecule has 0 saturated carbocycles. The van der Waals surface area contributed by atoms with Crippen LogP contribution in [0.1, 0.15) is 45.1 Å². The van der Waals surface area contributed by atoms with Crippen molar-refractivity contribution in [1.82, 2.24) is 4.90 Å². The van der Waals surface area contributed by atoms with Crippen molar-refractivity contribution in [3.05, 3.63) is 29.8 Å². The number of amides is 2. The van der Waals surface area contributed by atoms with E-state index >= 15 is 0 Å². The molecule has 1 aromatic rings. The molecule has 2 amide bonds.